The highest BCUT2D eigenvalue weighted by atomic mass is 79.9. The summed E-state index contributed by atoms with van der Waals surface area (Å²) >= 11 is 3.49. The van der Waals surface area contributed by atoms with Gasteiger partial charge in [-0.1, -0.05) is 41.3 Å². The second kappa shape index (κ2) is 9.29. The van der Waals surface area contributed by atoms with E-state index in [4.69, 9.17) is 10.1 Å². The topological polar surface area (TPSA) is 65.1 Å². The summed E-state index contributed by atoms with van der Waals surface area (Å²) in [6, 6.07) is 11.8. The molecule has 174 valence electrons. The Morgan fingerprint density at radius 1 is 1.06 bits per heavy atom. The SMILES string of the molecule is Cc1ccc(-n2c(C)cc(C=Nn3c(C4CCCCC4)nc4ccc(Br)cc4c3=O)c2C)nc1. The summed E-state index contributed by atoms with van der Waals surface area (Å²) in [5, 5.41) is 5.29. The van der Waals surface area contributed by atoms with Gasteiger partial charge in [0.25, 0.3) is 5.56 Å². The molecule has 0 amide bonds. The predicted molar refractivity (Wildman–Crippen MR) is 140 cm³/mol. The third-order valence-electron chi connectivity index (χ3n) is 6.71. The van der Waals surface area contributed by atoms with Crippen molar-refractivity contribution in [1.29, 1.82) is 0 Å². The molecule has 1 aliphatic carbocycles. The Bertz CT molecular complexity index is 1440. The molecule has 4 aromatic rings. The van der Waals surface area contributed by atoms with Crippen molar-refractivity contribution >= 4 is 33.0 Å². The quantitative estimate of drug-likeness (QED) is 0.302. The molecular formula is C27H28BrN5O. The van der Waals surface area contributed by atoms with Crippen LogP contribution in [0.5, 0.6) is 0 Å². The lowest BCUT2D eigenvalue weighted by Gasteiger charge is -2.22. The highest BCUT2D eigenvalue weighted by Crippen LogP contribution is 2.32. The maximum absolute atomic E-state index is 13.5. The minimum atomic E-state index is -0.128. The molecule has 0 saturated heterocycles. The van der Waals surface area contributed by atoms with E-state index in [0.717, 1.165) is 69.8 Å². The molecule has 0 N–H and O–H groups in total. The van der Waals surface area contributed by atoms with Crippen LogP contribution in [0.4, 0.5) is 0 Å². The molecule has 0 radical (unpaired) electrons. The molecule has 3 aromatic heterocycles. The van der Waals surface area contributed by atoms with E-state index in [1.807, 2.05) is 37.4 Å². The Labute approximate surface area is 207 Å². The maximum Gasteiger partial charge on any atom is 0.282 e. The molecule has 7 heteroatoms. The van der Waals surface area contributed by atoms with E-state index in [2.05, 4.69) is 51.5 Å². The number of fused-ring (bicyclic) bond motifs is 1. The monoisotopic (exact) mass is 517 g/mol. The predicted octanol–water partition coefficient (Wildman–Crippen LogP) is 6.20. The first kappa shape index (κ1) is 22.7. The molecular weight excluding hydrogens is 490 g/mol. The summed E-state index contributed by atoms with van der Waals surface area (Å²) in [5.41, 5.74) is 4.77. The van der Waals surface area contributed by atoms with E-state index < -0.39 is 0 Å². The molecule has 0 unspecified atom stereocenters. The molecule has 3 heterocycles. The number of aryl methyl sites for hydroxylation is 2. The lowest BCUT2D eigenvalue weighted by molar-refractivity contribution is 0.416. The third kappa shape index (κ3) is 4.25. The van der Waals surface area contributed by atoms with Crippen molar-refractivity contribution < 1.29 is 0 Å². The van der Waals surface area contributed by atoms with Crippen LogP contribution in [0.25, 0.3) is 16.7 Å². The van der Waals surface area contributed by atoms with Gasteiger partial charge in [-0.2, -0.15) is 9.78 Å². The average Bonchev–Trinajstić information content (AvgIpc) is 3.12. The van der Waals surface area contributed by atoms with Crippen LogP contribution < -0.4 is 5.56 Å². The van der Waals surface area contributed by atoms with Crippen LogP contribution in [0.3, 0.4) is 0 Å². The van der Waals surface area contributed by atoms with Gasteiger partial charge in [-0.3, -0.25) is 4.79 Å². The first-order valence-corrected chi connectivity index (χ1v) is 12.6. The number of hydrogen-bond acceptors (Lipinski definition) is 4. The van der Waals surface area contributed by atoms with Crippen molar-refractivity contribution in [1.82, 2.24) is 19.2 Å². The molecule has 5 rings (SSSR count). The van der Waals surface area contributed by atoms with E-state index >= 15 is 0 Å². The highest BCUT2D eigenvalue weighted by Gasteiger charge is 2.22. The van der Waals surface area contributed by atoms with Crippen molar-refractivity contribution in [3.8, 4) is 5.82 Å². The lowest BCUT2D eigenvalue weighted by Crippen LogP contribution is -2.25. The second-order valence-corrected chi connectivity index (χ2v) is 10.1. The summed E-state index contributed by atoms with van der Waals surface area (Å²) in [5.74, 6) is 1.89. The first-order valence-electron chi connectivity index (χ1n) is 11.8. The van der Waals surface area contributed by atoms with E-state index in [1.165, 1.54) is 11.1 Å². The van der Waals surface area contributed by atoms with E-state index in [9.17, 15) is 4.79 Å². The Kier molecular flexibility index (Phi) is 6.21. The fraction of sp³-hybridized carbons (Fsp3) is 0.333. The van der Waals surface area contributed by atoms with Gasteiger partial charge in [0.15, 0.2) is 0 Å². The van der Waals surface area contributed by atoms with Crippen LogP contribution in [-0.4, -0.2) is 25.4 Å². The highest BCUT2D eigenvalue weighted by molar-refractivity contribution is 9.10. The Morgan fingerprint density at radius 3 is 2.59 bits per heavy atom. The molecule has 0 bridgehead atoms. The molecule has 0 spiro atoms. The summed E-state index contributed by atoms with van der Waals surface area (Å²) in [6.45, 7) is 6.14. The van der Waals surface area contributed by atoms with Crippen LogP contribution in [-0.2, 0) is 0 Å². The van der Waals surface area contributed by atoms with Crippen LogP contribution in [0, 0.1) is 20.8 Å². The molecule has 1 fully saturated rings. The first-order chi connectivity index (χ1) is 16.4. The zero-order valence-electron chi connectivity index (χ0n) is 19.8. The maximum atomic E-state index is 13.5. The molecule has 0 atom stereocenters. The smallest absolute Gasteiger partial charge is 0.282 e. The Balaban J connectivity index is 1.61. The number of pyridine rings is 1. The van der Waals surface area contributed by atoms with E-state index in [1.54, 1.807) is 6.21 Å². The van der Waals surface area contributed by atoms with Gasteiger partial charge in [0.05, 0.1) is 17.1 Å². The van der Waals surface area contributed by atoms with Gasteiger partial charge >= 0.3 is 0 Å². The molecule has 1 saturated carbocycles. The van der Waals surface area contributed by atoms with Gasteiger partial charge in [-0.25, -0.2) is 9.97 Å². The minimum Gasteiger partial charge on any atom is -0.303 e. The largest absolute Gasteiger partial charge is 0.303 e. The van der Waals surface area contributed by atoms with Crippen molar-refractivity contribution in [2.75, 3.05) is 0 Å². The van der Waals surface area contributed by atoms with Crippen molar-refractivity contribution in [2.24, 2.45) is 5.10 Å². The average molecular weight is 518 g/mol. The van der Waals surface area contributed by atoms with Gasteiger partial charge in [-0.15, -0.1) is 0 Å². The van der Waals surface area contributed by atoms with E-state index in [0.29, 0.717) is 5.39 Å². The van der Waals surface area contributed by atoms with Gasteiger partial charge in [-0.05, 0) is 69.5 Å². The van der Waals surface area contributed by atoms with Crippen LogP contribution in [0.15, 0.2) is 57.0 Å². The van der Waals surface area contributed by atoms with Gasteiger partial charge < -0.3 is 4.57 Å². The zero-order valence-corrected chi connectivity index (χ0v) is 21.3. The lowest BCUT2D eigenvalue weighted by atomic mass is 9.88. The summed E-state index contributed by atoms with van der Waals surface area (Å²) in [4.78, 5) is 23.1. The summed E-state index contributed by atoms with van der Waals surface area (Å²) in [6.07, 6.45) is 9.29. The number of nitrogens with zero attached hydrogens (tertiary/aromatic N) is 5. The number of halogens is 1. The number of hydrogen-bond donors (Lipinski definition) is 0. The van der Waals surface area contributed by atoms with Crippen LogP contribution >= 0.6 is 15.9 Å². The fourth-order valence-electron chi connectivity index (χ4n) is 4.89. The summed E-state index contributed by atoms with van der Waals surface area (Å²) < 4.78 is 4.50. The van der Waals surface area contributed by atoms with Gasteiger partial charge in [0, 0.05) is 33.5 Å². The molecule has 1 aromatic carbocycles. The van der Waals surface area contributed by atoms with E-state index in [-0.39, 0.29) is 11.5 Å². The normalized spacial score (nSPS) is 14.9. The standard InChI is InChI=1S/C27H28BrN5O/c1-17-9-12-25(29-15-17)32-18(2)13-21(19(32)3)16-30-33-26(20-7-5-4-6-8-20)31-24-11-10-22(28)14-23(24)27(33)34/h9-16,20H,4-8H2,1-3H3. The Hall–Kier alpha value is -3.06. The van der Waals surface area contributed by atoms with Crippen molar-refractivity contribution in [3.63, 3.8) is 0 Å². The molecule has 0 aliphatic heterocycles. The zero-order chi connectivity index (χ0) is 23.8. The number of aromatic nitrogens is 4. The van der Waals surface area contributed by atoms with Crippen molar-refractivity contribution in [2.45, 2.75) is 58.8 Å². The fourth-order valence-corrected chi connectivity index (χ4v) is 5.25. The van der Waals surface area contributed by atoms with Gasteiger partial charge in [0.2, 0.25) is 0 Å². The van der Waals surface area contributed by atoms with Crippen LogP contribution in [0.2, 0.25) is 0 Å². The van der Waals surface area contributed by atoms with Crippen LogP contribution in [0.1, 0.15) is 66.4 Å². The minimum absolute atomic E-state index is 0.128. The second-order valence-electron chi connectivity index (χ2n) is 9.18. The number of rotatable bonds is 4. The summed E-state index contributed by atoms with van der Waals surface area (Å²) in [7, 11) is 0. The molecule has 1 aliphatic rings. The molecule has 6 nitrogen and oxygen atoms in total. The van der Waals surface area contributed by atoms with Crippen molar-refractivity contribution in [3.05, 3.63) is 85.8 Å². The van der Waals surface area contributed by atoms with Gasteiger partial charge in [0.1, 0.15) is 11.6 Å². The third-order valence-corrected chi connectivity index (χ3v) is 7.20. The number of benzene rings is 1. The Morgan fingerprint density at radius 2 is 1.85 bits per heavy atom. The molecule has 34 heavy (non-hydrogen) atoms.